The molecule has 0 aliphatic heterocycles. The fourth-order valence-corrected chi connectivity index (χ4v) is 4.14. The van der Waals surface area contributed by atoms with Crippen molar-refractivity contribution in [3.63, 3.8) is 0 Å². The summed E-state index contributed by atoms with van der Waals surface area (Å²) in [5.41, 5.74) is 0.707. The molecule has 1 amide bonds. The van der Waals surface area contributed by atoms with Crippen molar-refractivity contribution in [1.29, 1.82) is 0 Å². The second-order valence-corrected chi connectivity index (χ2v) is 8.18. The first-order valence-corrected chi connectivity index (χ1v) is 10.5. The number of imidazole rings is 1. The van der Waals surface area contributed by atoms with Crippen LogP contribution in [0.5, 0.6) is 5.75 Å². The van der Waals surface area contributed by atoms with Crippen LogP contribution in [0.1, 0.15) is 47.3 Å². The third kappa shape index (κ3) is 4.81. The Kier molecular flexibility index (Phi) is 5.99. The van der Waals surface area contributed by atoms with E-state index >= 15 is 0 Å². The Morgan fingerprint density at radius 3 is 2.56 bits per heavy atom. The van der Waals surface area contributed by atoms with E-state index in [1.54, 1.807) is 37.4 Å². The van der Waals surface area contributed by atoms with Gasteiger partial charge in [-0.2, -0.15) is 13.2 Å². The molecule has 3 aromatic rings. The quantitative estimate of drug-likeness (QED) is 0.590. The standard InChI is InChI=1S/C23H25F3N4O2/c1-14-10-20(30-13-19(23(24,25)26)29-21(30)11-14)27-16-4-3-5-17(12-16)28-22(31)15-6-8-18(32-2)9-7-15/h6-11,13,16-17,27H,3-5,12H2,1-2H3,(H,28,31)/t16-,17+/m0/s1. The van der Waals surface area contributed by atoms with Gasteiger partial charge in [-0.15, -0.1) is 0 Å². The van der Waals surface area contributed by atoms with Crippen LogP contribution in [-0.2, 0) is 6.18 Å². The van der Waals surface area contributed by atoms with Crippen molar-refractivity contribution in [1.82, 2.24) is 14.7 Å². The van der Waals surface area contributed by atoms with E-state index in [1.807, 2.05) is 13.0 Å². The Morgan fingerprint density at radius 1 is 1.16 bits per heavy atom. The van der Waals surface area contributed by atoms with Gasteiger partial charge in [0.05, 0.1) is 7.11 Å². The number of hydrogen-bond donors (Lipinski definition) is 2. The fourth-order valence-electron chi connectivity index (χ4n) is 4.14. The highest BCUT2D eigenvalue weighted by atomic mass is 19.4. The van der Waals surface area contributed by atoms with E-state index in [4.69, 9.17) is 4.74 Å². The van der Waals surface area contributed by atoms with Crippen LogP contribution in [0.4, 0.5) is 19.0 Å². The van der Waals surface area contributed by atoms with Crippen molar-refractivity contribution in [3.05, 3.63) is 59.4 Å². The van der Waals surface area contributed by atoms with Gasteiger partial charge in [-0.3, -0.25) is 9.20 Å². The van der Waals surface area contributed by atoms with E-state index in [0.717, 1.165) is 31.0 Å². The summed E-state index contributed by atoms with van der Waals surface area (Å²) < 4.78 is 45.9. The van der Waals surface area contributed by atoms with Gasteiger partial charge in [0.2, 0.25) is 0 Å². The summed E-state index contributed by atoms with van der Waals surface area (Å²) in [7, 11) is 1.57. The lowest BCUT2D eigenvalue weighted by Crippen LogP contribution is -2.42. The van der Waals surface area contributed by atoms with Gasteiger partial charge in [-0.1, -0.05) is 0 Å². The number of alkyl halides is 3. The molecule has 1 aromatic carbocycles. The van der Waals surface area contributed by atoms with Crippen LogP contribution in [0, 0.1) is 6.92 Å². The van der Waals surface area contributed by atoms with Crippen molar-refractivity contribution in [2.24, 2.45) is 0 Å². The molecule has 4 rings (SSSR count). The molecule has 0 bridgehead atoms. The first-order chi connectivity index (χ1) is 15.2. The molecule has 2 aromatic heterocycles. The van der Waals surface area contributed by atoms with Gasteiger partial charge in [0.25, 0.3) is 5.91 Å². The number of benzene rings is 1. The van der Waals surface area contributed by atoms with Crippen LogP contribution in [0.25, 0.3) is 5.65 Å². The highest BCUT2D eigenvalue weighted by Crippen LogP contribution is 2.31. The largest absolute Gasteiger partial charge is 0.497 e. The minimum absolute atomic E-state index is 0.0201. The predicted molar refractivity (Wildman–Crippen MR) is 115 cm³/mol. The molecule has 2 atom stereocenters. The number of rotatable bonds is 5. The monoisotopic (exact) mass is 446 g/mol. The molecule has 2 heterocycles. The number of ether oxygens (including phenoxy) is 1. The summed E-state index contributed by atoms with van der Waals surface area (Å²) >= 11 is 0. The molecule has 0 spiro atoms. The number of aryl methyl sites for hydroxylation is 1. The van der Waals surface area contributed by atoms with E-state index in [1.165, 1.54) is 4.40 Å². The van der Waals surface area contributed by atoms with Gasteiger partial charge >= 0.3 is 6.18 Å². The van der Waals surface area contributed by atoms with E-state index < -0.39 is 11.9 Å². The van der Waals surface area contributed by atoms with E-state index in [0.29, 0.717) is 23.6 Å². The fraction of sp³-hybridized carbons (Fsp3) is 0.391. The normalized spacial score (nSPS) is 19.0. The Morgan fingerprint density at radius 2 is 1.88 bits per heavy atom. The molecule has 1 aliphatic rings. The summed E-state index contributed by atoms with van der Waals surface area (Å²) in [6.07, 6.45) is -0.185. The number of amides is 1. The molecule has 0 unspecified atom stereocenters. The van der Waals surface area contributed by atoms with Gasteiger partial charge < -0.3 is 15.4 Å². The minimum atomic E-state index is -4.50. The van der Waals surface area contributed by atoms with Crippen LogP contribution in [-0.4, -0.2) is 34.5 Å². The van der Waals surface area contributed by atoms with Crippen LogP contribution < -0.4 is 15.4 Å². The molecule has 0 saturated heterocycles. The summed E-state index contributed by atoms with van der Waals surface area (Å²) in [5, 5.41) is 6.45. The molecular weight excluding hydrogens is 421 g/mol. The molecule has 1 fully saturated rings. The zero-order valence-electron chi connectivity index (χ0n) is 17.9. The van der Waals surface area contributed by atoms with Gasteiger partial charge in [-0.25, -0.2) is 4.98 Å². The number of pyridine rings is 1. The van der Waals surface area contributed by atoms with Crippen LogP contribution in [0.2, 0.25) is 0 Å². The zero-order valence-corrected chi connectivity index (χ0v) is 17.9. The first-order valence-electron chi connectivity index (χ1n) is 10.5. The van der Waals surface area contributed by atoms with Gasteiger partial charge in [0.1, 0.15) is 17.2 Å². The SMILES string of the molecule is COc1ccc(C(=O)N[C@@H]2CCC[C@H](Nc3cc(C)cc4nc(C(F)(F)F)cn34)C2)cc1. The van der Waals surface area contributed by atoms with Gasteiger partial charge in [0, 0.05) is 23.8 Å². The second-order valence-electron chi connectivity index (χ2n) is 8.18. The van der Waals surface area contributed by atoms with Crippen molar-refractivity contribution in [2.45, 2.75) is 50.9 Å². The molecule has 32 heavy (non-hydrogen) atoms. The van der Waals surface area contributed by atoms with Gasteiger partial charge in [-0.05, 0) is 74.6 Å². The van der Waals surface area contributed by atoms with E-state index in [2.05, 4.69) is 15.6 Å². The molecule has 1 saturated carbocycles. The van der Waals surface area contributed by atoms with Crippen molar-refractivity contribution >= 4 is 17.4 Å². The minimum Gasteiger partial charge on any atom is -0.497 e. The Hall–Kier alpha value is -3.23. The lowest BCUT2D eigenvalue weighted by atomic mass is 9.90. The number of aromatic nitrogens is 2. The van der Waals surface area contributed by atoms with Crippen molar-refractivity contribution in [3.8, 4) is 5.75 Å². The van der Waals surface area contributed by atoms with Crippen molar-refractivity contribution in [2.75, 3.05) is 12.4 Å². The highest BCUT2D eigenvalue weighted by molar-refractivity contribution is 5.94. The summed E-state index contributed by atoms with van der Waals surface area (Å²) in [5.74, 6) is 1.09. The number of nitrogens with zero attached hydrogens (tertiary/aromatic N) is 2. The molecule has 0 radical (unpaired) electrons. The molecule has 1 aliphatic carbocycles. The lowest BCUT2D eigenvalue weighted by Gasteiger charge is -2.31. The smallest absolute Gasteiger partial charge is 0.434 e. The summed E-state index contributed by atoms with van der Waals surface area (Å²) in [4.78, 5) is 16.3. The van der Waals surface area contributed by atoms with Crippen LogP contribution >= 0.6 is 0 Å². The van der Waals surface area contributed by atoms with Crippen molar-refractivity contribution < 1.29 is 22.7 Å². The number of carbonyl (C=O) groups is 1. The number of hydrogen-bond acceptors (Lipinski definition) is 4. The van der Waals surface area contributed by atoms with E-state index in [-0.39, 0.29) is 23.6 Å². The van der Waals surface area contributed by atoms with Gasteiger partial charge in [0.15, 0.2) is 5.69 Å². The molecule has 6 nitrogen and oxygen atoms in total. The molecular formula is C23H25F3N4O2. The van der Waals surface area contributed by atoms with Crippen LogP contribution in [0.15, 0.2) is 42.6 Å². The maximum absolute atomic E-state index is 13.1. The summed E-state index contributed by atoms with van der Waals surface area (Å²) in [6, 6.07) is 10.3. The number of fused-ring (bicyclic) bond motifs is 1. The number of methoxy groups -OCH3 is 1. The highest BCUT2D eigenvalue weighted by Gasteiger charge is 2.34. The molecule has 9 heteroatoms. The maximum Gasteiger partial charge on any atom is 0.434 e. The Bertz CT molecular complexity index is 1110. The second kappa shape index (κ2) is 8.72. The zero-order chi connectivity index (χ0) is 22.9. The topological polar surface area (TPSA) is 67.7 Å². The number of carbonyl (C=O) groups excluding carboxylic acids is 1. The number of halogens is 3. The molecule has 2 N–H and O–H groups in total. The number of anilines is 1. The maximum atomic E-state index is 13.1. The predicted octanol–water partition coefficient (Wildman–Crippen LogP) is 4.82. The molecule has 170 valence electrons. The third-order valence-electron chi connectivity index (χ3n) is 5.72. The Balaban J connectivity index is 1.46. The average molecular weight is 446 g/mol. The summed E-state index contributed by atoms with van der Waals surface area (Å²) in [6.45, 7) is 1.83. The third-order valence-corrected chi connectivity index (χ3v) is 5.72. The lowest BCUT2D eigenvalue weighted by molar-refractivity contribution is -0.140. The first kappa shape index (κ1) is 22.0. The average Bonchev–Trinajstić information content (AvgIpc) is 3.19. The van der Waals surface area contributed by atoms with E-state index in [9.17, 15) is 18.0 Å². The number of nitrogens with one attached hydrogen (secondary N) is 2. The Labute approximate surface area is 183 Å². The van der Waals surface area contributed by atoms with Crippen LogP contribution in [0.3, 0.4) is 0 Å².